The smallest absolute Gasteiger partial charge is 0.145 e. The number of likely N-dealkylation sites (N-methyl/N-ethyl adjacent to an activating group) is 1. The lowest BCUT2D eigenvalue weighted by molar-refractivity contribution is 0.149. The maximum Gasteiger partial charge on any atom is 0.145 e. The van der Waals surface area contributed by atoms with Crippen LogP contribution in [0.15, 0.2) is 5.16 Å². The predicted octanol–water partition coefficient (Wildman–Crippen LogP) is 0.397. The summed E-state index contributed by atoms with van der Waals surface area (Å²) in [6.45, 7) is 6.31. The molecule has 0 aromatic rings. The Hall–Kier alpha value is -0.810. The second-order valence-electron chi connectivity index (χ2n) is 5.19. The number of amidine groups is 1. The van der Waals surface area contributed by atoms with Crippen molar-refractivity contribution in [3.05, 3.63) is 0 Å². The molecule has 1 heterocycles. The van der Waals surface area contributed by atoms with E-state index in [2.05, 4.69) is 36.0 Å². The van der Waals surface area contributed by atoms with Crippen LogP contribution in [-0.4, -0.2) is 61.1 Å². The molecule has 16 heavy (non-hydrogen) atoms. The van der Waals surface area contributed by atoms with Crippen molar-refractivity contribution in [1.82, 2.24) is 9.80 Å². The molecule has 1 rings (SSSR count). The van der Waals surface area contributed by atoms with Crippen LogP contribution in [0.1, 0.15) is 19.8 Å². The first kappa shape index (κ1) is 13.3. The van der Waals surface area contributed by atoms with Crippen molar-refractivity contribution in [2.75, 3.05) is 40.3 Å². The lowest BCUT2D eigenvalue weighted by atomic mass is 9.79. The Labute approximate surface area is 97.9 Å². The maximum atomic E-state index is 8.74. The Balaban J connectivity index is 2.39. The molecule has 0 aromatic heterocycles. The number of nitrogens with two attached hydrogens (primary N) is 1. The fraction of sp³-hybridized carbons (Fsp3) is 0.909. The van der Waals surface area contributed by atoms with Crippen LogP contribution in [0.2, 0.25) is 0 Å². The van der Waals surface area contributed by atoms with E-state index >= 15 is 0 Å². The van der Waals surface area contributed by atoms with Crippen LogP contribution < -0.4 is 5.73 Å². The molecule has 0 unspecified atom stereocenters. The Morgan fingerprint density at radius 1 is 1.44 bits per heavy atom. The molecule has 1 aliphatic rings. The Morgan fingerprint density at radius 2 is 2.00 bits per heavy atom. The third-order valence-electron chi connectivity index (χ3n) is 3.55. The maximum absolute atomic E-state index is 8.74. The van der Waals surface area contributed by atoms with E-state index in [9.17, 15) is 0 Å². The number of piperidine rings is 1. The van der Waals surface area contributed by atoms with Gasteiger partial charge >= 0.3 is 0 Å². The molecule has 0 atom stereocenters. The lowest BCUT2D eigenvalue weighted by Gasteiger charge is -2.38. The van der Waals surface area contributed by atoms with Gasteiger partial charge in [0, 0.05) is 18.5 Å². The van der Waals surface area contributed by atoms with E-state index in [1.165, 1.54) is 0 Å². The first-order valence-electron chi connectivity index (χ1n) is 5.83. The highest BCUT2D eigenvalue weighted by Crippen LogP contribution is 2.30. The summed E-state index contributed by atoms with van der Waals surface area (Å²) in [4.78, 5) is 4.63. The van der Waals surface area contributed by atoms with Crippen molar-refractivity contribution >= 4 is 5.84 Å². The van der Waals surface area contributed by atoms with E-state index in [1.807, 2.05) is 0 Å². The summed E-state index contributed by atoms with van der Waals surface area (Å²) in [6.07, 6.45) is 1.94. The Morgan fingerprint density at radius 3 is 2.44 bits per heavy atom. The van der Waals surface area contributed by atoms with Crippen molar-refractivity contribution in [1.29, 1.82) is 0 Å². The van der Waals surface area contributed by atoms with Crippen LogP contribution >= 0.6 is 0 Å². The van der Waals surface area contributed by atoms with Gasteiger partial charge in [0.05, 0.1) is 0 Å². The number of rotatable bonds is 4. The molecule has 0 radical (unpaired) electrons. The highest BCUT2D eigenvalue weighted by molar-refractivity contribution is 5.85. The minimum absolute atomic E-state index is 0.122. The largest absolute Gasteiger partial charge is 0.409 e. The van der Waals surface area contributed by atoms with Gasteiger partial charge in [0.25, 0.3) is 0 Å². The molecule has 0 aromatic carbocycles. The molecule has 1 saturated heterocycles. The number of hydrogen-bond donors (Lipinski definition) is 2. The van der Waals surface area contributed by atoms with E-state index in [0.717, 1.165) is 39.0 Å². The molecular weight excluding hydrogens is 204 g/mol. The topological polar surface area (TPSA) is 65.1 Å². The Bertz CT molecular complexity index is 244. The van der Waals surface area contributed by atoms with Gasteiger partial charge in [0.2, 0.25) is 0 Å². The molecule has 3 N–H and O–H groups in total. The van der Waals surface area contributed by atoms with Crippen molar-refractivity contribution in [2.24, 2.45) is 16.3 Å². The van der Waals surface area contributed by atoms with Crippen LogP contribution in [0.3, 0.4) is 0 Å². The summed E-state index contributed by atoms with van der Waals surface area (Å²) in [6, 6.07) is 0. The lowest BCUT2D eigenvalue weighted by Crippen LogP contribution is -2.46. The predicted molar refractivity (Wildman–Crippen MR) is 65.7 cm³/mol. The SMILES string of the molecule is CN(C)CCN1CCC(C)(C(N)=NO)CC1. The first-order chi connectivity index (χ1) is 7.48. The fourth-order valence-corrected chi connectivity index (χ4v) is 1.99. The fourth-order valence-electron chi connectivity index (χ4n) is 1.99. The van der Waals surface area contributed by atoms with Gasteiger partial charge in [-0.25, -0.2) is 0 Å². The second-order valence-corrected chi connectivity index (χ2v) is 5.19. The zero-order valence-electron chi connectivity index (χ0n) is 10.6. The molecule has 94 valence electrons. The van der Waals surface area contributed by atoms with Crippen LogP contribution in [0.25, 0.3) is 0 Å². The summed E-state index contributed by atoms with van der Waals surface area (Å²) in [5, 5.41) is 11.9. The number of oxime groups is 1. The van der Waals surface area contributed by atoms with E-state index in [4.69, 9.17) is 10.9 Å². The molecule has 1 aliphatic heterocycles. The third-order valence-corrected chi connectivity index (χ3v) is 3.55. The van der Waals surface area contributed by atoms with Gasteiger partial charge < -0.3 is 20.7 Å². The monoisotopic (exact) mass is 228 g/mol. The zero-order chi connectivity index (χ0) is 12.2. The van der Waals surface area contributed by atoms with Gasteiger partial charge in [-0.3, -0.25) is 0 Å². The second kappa shape index (κ2) is 5.50. The summed E-state index contributed by atoms with van der Waals surface area (Å²) in [5.41, 5.74) is 5.60. The van der Waals surface area contributed by atoms with Crippen LogP contribution in [-0.2, 0) is 0 Å². The molecule has 5 heteroatoms. The summed E-state index contributed by atoms with van der Waals surface area (Å²) >= 11 is 0. The highest BCUT2D eigenvalue weighted by atomic mass is 16.4. The normalized spacial score (nSPS) is 22.6. The summed E-state index contributed by atoms with van der Waals surface area (Å²) < 4.78 is 0. The molecule has 0 spiro atoms. The van der Waals surface area contributed by atoms with Crippen molar-refractivity contribution in [3.63, 3.8) is 0 Å². The average molecular weight is 228 g/mol. The van der Waals surface area contributed by atoms with Gasteiger partial charge in [-0.15, -0.1) is 0 Å². The molecule has 5 nitrogen and oxygen atoms in total. The van der Waals surface area contributed by atoms with Crippen LogP contribution in [0.4, 0.5) is 0 Å². The first-order valence-corrected chi connectivity index (χ1v) is 5.83. The van der Waals surface area contributed by atoms with Crippen molar-refractivity contribution < 1.29 is 5.21 Å². The van der Waals surface area contributed by atoms with Crippen LogP contribution in [0, 0.1) is 5.41 Å². The van der Waals surface area contributed by atoms with Gasteiger partial charge in [0.1, 0.15) is 5.84 Å². The standard InChI is InChI=1S/C11H24N4O/c1-11(10(12)13-16)4-6-15(7-5-11)9-8-14(2)3/h16H,4-9H2,1-3H3,(H2,12,13). The Kier molecular flexibility index (Phi) is 4.56. The summed E-state index contributed by atoms with van der Waals surface area (Å²) in [5.74, 6) is 0.375. The van der Waals surface area contributed by atoms with E-state index < -0.39 is 0 Å². The number of likely N-dealkylation sites (tertiary alicyclic amines) is 1. The van der Waals surface area contributed by atoms with E-state index in [1.54, 1.807) is 0 Å². The van der Waals surface area contributed by atoms with Crippen molar-refractivity contribution in [2.45, 2.75) is 19.8 Å². The zero-order valence-corrected chi connectivity index (χ0v) is 10.6. The molecule has 0 bridgehead atoms. The molecule has 0 amide bonds. The minimum atomic E-state index is -0.122. The third kappa shape index (κ3) is 3.35. The van der Waals surface area contributed by atoms with E-state index in [0.29, 0.717) is 5.84 Å². The summed E-state index contributed by atoms with van der Waals surface area (Å²) in [7, 11) is 4.18. The van der Waals surface area contributed by atoms with Crippen molar-refractivity contribution in [3.8, 4) is 0 Å². The quantitative estimate of drug-likeness (QED) is 0.316. The van der Waals surface area contributed by atoms with Gasteiger partial charge in [0.15, 0.2) is 0 Å². The molecule has 1 fully saturated rings. The van der Waals surface area contributed by atoms with Gasteiger partial charge in [-0.1, -0.05) is 12.1 Å². The minimum Gasteiger partial charge on any atom is -0.409 e. The molecule has 0 aliphatic carbocycles. The van der Waals surface area contributed by atoms with Gasteiger partial charge in [-0.05, 0) is 40.0 Å². The van der Waals surface area contributed by atoms with Crippen LogP contribution in [0.5, 0.6) is 0 Å². The molecule has 0 saturated carbocycles. The highest BCUT2D eigenvalue weighted by Gasteiger charge is 2.33. The van der Waals surface area contributed by atoms with E-state index in [-0.39, 0.29) is 5.41 Å². The van der Waals surface area contributed by atoms with Gasteiger partial charge in [-0.2, -0.15) is 0 Å². The number of nitrogens with zero attached hydrogens (tertiary/aromatic N) is 3. The molecular formula is C11H24N4O. The average Bonchev–Trinajstić information content (AvgIpc) is 2.27. The number of hydrogen-bond acceptors (Lipinski definition) is 4.